The van der Waals surface area contributed by atoms with E-state index in [1.54, 1.807) is 0 Å². The maximum atomic E-state index is 11.6. The van der Waals surface area contributed by atoms with Gasteiger partial charge in [-0.25, -0.2) is 4.79 Å². The number of hydrogen-bond acceptors (Lipinski definition) is 2. The second kappa shape index (κ2) is 5.53. The Morgan fingerprint density at radius 1 is 1.31 bits per heavy atom. The summed E-state index contributed by atoms with van der Waals surface area (Å²) in [6, 6.07) is 0.320. The molecule has 1 aliphatic rings. The molecule has 1 rings (SSSR count). The summed E-state index contributed by atoms with van der Waals surface area (Å²) in [7, 11) is 2.12. The van der Waals surface area contributed by atoms with E-state index in [4.69, 9.17) is 0 Å². The Morgan fingerprint density at radius 3 is 2.38 bits per heavy atom. The molecular formula is C12H25N3O. The SMILES string of the molecule is CN1CCC(NC(=O)NCC(C)(C)C)CC1. The molecule has 0 bridgehead atoms. The summed E-state index contributed by atoms with van der Waals surface area (Å²) in [6.07, 6.45) is 2.11. The maximum absolute atomic E-state index is 11.6. The van der Waals surface area contributed by atoms with Gasteiger partial charge in [-0.2, -0.15) is 0 Å². The summed E-state index contributed by atoms with van der Waals surface area (Å²) in [5, 5.41) is 5.95. The molecule has 16 heavy (non-hydrogen) atoms. The Labute approximate surface area is 98.8 Å². The second-order valence-electron chi connectivity index (χ2n) is 5.97. The Bertz CT molecular complexity index is 227. The van der Waals surface area contributed by atoms with Gasteiger partial charge in [0.2, 0.25) is 0 Å². The van der Waals surface area contributed by atoms with Crippen LogP contribution in [-0.2, 0) is 0 Å². The van der Waals surface area contributed by atoms with E-state index in [1.165, 1.54) is 0 Å². The van der Waals surface area contributed by atoms with E-state index < -0.39 is 0 Å². The lowest BCUT2D eigenvalue weighted by atomic mass is 9.97. The predicted octanol–water partition coefficient (Wildman–Crippen LogP) is 1.43. The van der Waals surface area contributed by atoms with Gasteiger partial charge in [-0.3, -0.25) is 0 Å². The number of nitrogens with one attached hydrogen (secondary N) is 2. The van der Waals surface area contributed by atoms with Crippen molar-refractivity contribution >= 4 is 6.03 Å². The molecule has 1 fully saturated rings. The van der Waals surface area contributed by atoms with Crippen molar-refractivity contribution < 1.29 is 4.79 Å². The lowest BCUT2D eigenvalue weighted by molar-refractivity contribution is 0.210. The third-order valence-electron chi connectivity index (χ3n) is 2.83. The van der Waals surface area contributed by atoms with Crippen LogP contribution in [0.4, 0.5) is 4.79 Å². The molecule has 2 N–H and O–H groups in total. The molecule has 0 aromatic carbocycles. The zero-order valence-corrected chi connectivity index (χ0v) is 11.0. The van der Waals surface area contributed by atoms with Crippen LogP contribution in [0.25, 0.3) is 0 Å². The minimum atomic E-state index is -0.0236. The highest BCUT2D eigenvalue weighted by Crippen LogP contribution is 2.10. The number of piperidine rings is 1. The second-order valence-corrected chi connectivity index (χ2v) is 5.97. The number of likely N-dealkylation sites (tertiary alicyclic amines) is 1. The fourth-order valence-electron chi connectivity index (χ4n) is 1.73. The molecule has 0 atom stereocenters. The Balaban J connectivity index is 2.19. The van der Waals surface area contributed by atoms with Crippen LogP contribution < -0.4 is 10.6 Å². The summed E-state index contributed by atoms with van der Waals surface area (Å²) >= 11 is 0. The van der Waals surface area contributed by atoms with Crippen LogP contribution in [0.1, 0.15) is 33.6 Å². The molecule has 0 unspecified atom stereocenters. The molecule has 2 amide bonds. The lowest BCUT2D eigenvalue weighted by Gasteiger charge is -2.30. The van der Waals surface area contributed by atoms with Crippen LogP contribution in [0.2, 0.25) is 0 Å². The normalized spacial score (nSPS) is 19.5. The fourth-order valence-corrected chi connectivity index (χ4v) is 1.73. The first kappa shape index (κ1) is 13.3. The minimum Gasteiger partial charge on any atom is -0.338 e. The molecule has 0 aromatic rings. The maximum Gasteiger partial charge on any atom is 0.315 e. The summed E-state index contributed by atoms with van der Waals surface area (Å²) in [6.45, 7) is 9.20. The number of nitrogens with zero attached hydrogens (tertiary/aromatic N) is 1. The van der Waals surface area contributed by atoms with Gasteiger partial charge in [-0.15, -0.1) is 0 Å². The summed E-state index contributed by atoms with van der Waals surface area (Å²) in [5.74, 6) is 0. The van der Waals surface area contributed by atoms with Crippen molar-refractivity contribution in [3.63, 3.8) is 0 Å². The third-order valence-corrected chi connectivity index (χ3v) is 2.83. The summed E-state index contributed by atoms with van der Waals surface area (Å²) in [4.78, 5) is 13.9. The van der Waals surface area contributed by atoms with Crippen molar-refractivity contribution in [2.75, 3.05) is 26.7 Å². The molecule has 94 valence electrons. The topological polar surface area (TPSA) is 44.4 Å². The molecule has 0 saturated carbocycles. The zero-order valence-electron chi connectivity index (χ0n) is 11.0. The van der Waals surface area contributed by atoms with Crippen molar-refractivity contribution in [2.45, 2.75) is 39.7 Å². The van der Waals surface area contributed by atoms with E-state index in [-0.39, 0.29) is 11.4 Å². The third kappa shape index (κ3) is 5.35. The van der Waals surface area contributed by atoms with E-state index in [2.05, 4.69) is 43.4 Å². The number of carbonyl (C=O) groups is 1. The Kier molecular flexibility index (Phi) is 4.59. The average molecular weight is 227 g/mol. The number of urea groups is 1. The first-order valence-corrected chi connectivity index (χ1v) is 6.10. The first-order valence-electron chi connectivity index (χ1n) is 6.10. The number of hydrogen-bond donors (Lipinski definition) is 2. The first-order chi connectivity index (χ1) is 7.37. The van der Waals surface area contributed by atoms with Crippen LogP contribution in [0, 0.1) is 5.41 Å². The van der Waals surface area contributed by atoms with Crippen molar-refractivity contribution in [3.8, 4) is 0 Å². The number of carbonyl (C=O) groups excluding carboxylic acids is 1. The van der Waals surface area contributed by atoms with E-state index in [0.29, 0.717) is 12.6 Å². The molecule has 0 aromatic heterocycles. The summed E-state index contributed by atoms with van der Waals surface area (Å²) < 4.78 is 0. The largest absolute Gasteiger partial charge is 0.338 e. The highest BCUT2D eigenvalue weighted by Gasteiger charge is 2.19. The molecule has 1 aliphatic heterocycles. The van der Waals surface area contributed by atoms with Gasteiger partial charge >= 0.3 is 6.03 Å². The van der Waals surface area contributed by atoms with Gasteiger partial charge < -0.3 is 15.5 Å². The number of amides is 2. The van der Waals surface area contributed by atoms with E-state index in [9.17, 15) is 4.79 Å². The quantitative estimate of drug-likeness (QED) is 0.749. The Hall–Kier alpha value is -0.770. The minimum absolute atomic E-state index is 0.0236. The molecule has 1 heterocycles. The molecule has 0 aliphatic carbocycles. The lowest BCUT2D eigenvalue weighted by Crippen LogP contribution is -2.48. The monoisotopic (exact) mass is 227 g/mol. The average Bonchev–Trinajstić information content (AvgIpc) is 2.18. The fraction of sp³-hybridized carbons (Fsp3) is 0.917. The molecule has 4 heteroatoms. The van der Waals surface area contributed by atoms with E-state index in [1.807, 2.05) is 0 Å². The van der Waals surface area contributed by atoms with Crippen LogP contribution in [0.15, 0.2) is 0 Å². The van der Waals surface area contributed by atoms with Gasteiger partial charge in [0.05, 0.1) is 0 Å². The van der Waals surface area contributed by atoms with Crippen molar-refractivity contribution in [1.82, 2.24) is 15.5 Å². The molecule has 0 spiro atoms. The van der Waals surface area contributed by atoms with Crippen LogP contribution in [0.3, 0.4) is 0 Å². The molecule has 1 saturated heterocycles. The van der Waals surface area contributed by atoms with Crippen LogP contribution >= 0.6 is 0 Å². The van der Waals surface area contributed by atoms with Crippen LogP contribution in [-0.4, -0.2) is 43.7 Å². The smallest absolute Gasteiger partial charge is 0.315 e. The van der Waals surface area contributed by atoms with Crippen molar-refractivity contribution in [1.29, 1.82) is 0 Å². The highest BCUT2D eigenvalue weighted by atomic mass is 16.2. The zero-order chi connectivity index (χ0) is 12.2. The van der Waals surface area contributed by atoms with Crippen molar-refractivity contribution in [2.24, 2.45) is 5.41 Å². The number of rotatable bonds is 2. The van der Waals surface area contributed by atoms with E-state index in [0.717, 1.165) is 25.9 Å². The molecule has 4 nitrogen and oxygen atoms in total. The van der Waals surface area contributed by atoms with Crippen LogP contribution in [0.5, 0.6) is 0 Å². The van der Waals surface area contributed by atoms with E-state index >= 15 is 0 Å². The summed E-state index contributed by atoms with van der Waals surface area (Å²) in [5.41, 5.74) is 0.143. The molecular weight excluding hydrogens is 202 g/mol. The van der Waals surface area contributed by atoms with Crippen molar-refractivity contribution in [3.05, 3.63) is 0 Å². The van der Waals surface area contributed by atoms with Gasteiger partial charge in [-0.05, 0) is 38.4 Å². The molecule has 0 radical (unpaired) electrons. The standard InChI is InChI=1S/C12H25N3O/c1-12(2,3)9-13-11(16)14-10-5-7-15(4)8-6-10/h10H,5-9H2,1-4H3,(H2,13,14,16). The highest BCUT2D eigenvalue weighted by molar-refractivity contribution is 5.74. The van der Waals surface area contributed by atoms with Gasteiger partial charge in [0.15, 0.2) is 0 Å². The van der Waals surface area contributed by atoms with Gasteiger partial charge in [0, 0.05) is 12.6 Å². The predicted molar refractivity (Wildman–Crippen MR) is 66.5 cm³/mol. The van der Waals surface area contributed by atoms with Gasteiger partial charge in [-0.1, -0.05) is 20.8 Å². The van der Waals surface area contributed by atoms with Gasteiger partial charge in [0.25, 0.3) is 0 Å². The van der Waals surface area contributed by atoms with Gasteiger partial charge in [0.1, 0.15) is 0 Å². The Morgan fingerprint density at radius 2 is 1.88 bits per heavy atom.